The number of hydrogen-bond acceptors (Lipinski definition) is 5. The highest BCUT2D eigenvalue weighted by molar-refractivity contribution is 5.92. The van der Waals surface area contributed by atoms with Gasteiger partial charge in [0.05, 0.1) is 12.2 Å². The van der Waals surface area contributed by atoms with Crippen molar-refractivity contribution >= 4 is 5.91 Å². The van der Waals surface area contributed by atoms with Gasteiger partial charge in [-0.15, -0.1) is 0 Å². The van der Waals surface area contributed by atoms with Crippen molar-refractivity contribution in [2.45, 2.75) is 20.4 Å². The summed E-state index contributed by atoms with van der Waals surface area (Å²) in [5, 5.41) is 3.90. The standard InChI is InChI=1S/C16H20N4O2/c1-12-4-3-5-15(17-12)16(21)20-8-6-19(7-9-20)11-14-10-13(2)18-22-14/h3-5,10H,6-9,11H2,1-2H3. The quantitative estimate of drug-likeness (QED) is 0.862. The van der Waals surface area contributed by atoms with Gasteiger partial charge in [-0.05, 0) is 26.0 Å². The fourth-order valence-electron chi connectivity index (χ4n) is 2.64. The molecule has 0 unspecified atom stereocenters. The molecule has 6 heteroatoms. The molecule has 22 heavy (non-hydrogen) atoms. The van der Waals surface area contributed by atoms with E-state index in [1.165, 1.54) is 0 Å². The summed E-state index contributed by atoms with van der Waals surface area (Å²) < 4.78 is 5.24. The Morgan fingerprint density at radius 3 is 2.59 bits per heavy atom. The zero-order valence-corrected chi connectivity index (χ0v) is 13.0. The topological polar surface area (TPSA) is 62.5 Å². The first-order valence-corrected chi connectivity index (χ1v) is 7.49. The van der Waals surface area contributed by atoms with Crippen molar-refractivity contribution in [1.29, 1.82) is 0 Å². The van der Waals surface area contributed by atoms with Crippen LogP contribution in [-0.4, -0.2) is 52.0 Å². The summed E-state index contributed by atoms with van der Waals surface area (Å²) >= 11 is 0. The summed E-state index contributed by atoms with van der Waals surface area (Å²) in [5.41, 5.74) is 2.29. The van der Waals surface area contributed by atoms with Crippen LogP contribution in [0.4, 0.5) is 0 Å². The van der Waals surface area contributed by atoms with E-state index < -0.39 is 0 Å². The average Bonchev–Trinajstić information content (AvgIpc) is 2.92. The molecule has 1 aliphatic heterocycles. The normalized spacial score (nSPS) is 16.0. The first-order chi connectivity index (χ1) is 10.6. The van der Waals surface area contributed by atoms with Crippen LogP contribution in [0.2, 0.25) is 0 Å². The number of amides is 1. The lowest BCUT2D eigenvalue weighted by atomic mass is 10.2. The number of nitrogens with zero attached hydrogens (tertiary/aromatic N) is 4. The minimum Gasteiger partial charge on any atom is -0.360 e. The van der Waals surface area contributed by atoms with Gasteiger partial charge >= 0.3 is 0 Å². The van der Waals surface area contributed by atoms with Crippen molar-refractivity contribution in [3.63, 3.8) is 0 Å². The van der Waals surface area contributed by atoms with Crippen molar-refractivity contribution in [1.82, 2.24) is 19.9 Å². The zero-order chi connectivity index (χ0) is 15.5. The molecule has 0 bridgehead atoms. The molecule has 3 rings (SSSR count). The van der Waals surface area contributed by atoms with Crippen LogP contribution in [0.1, 0.15) is 27.6 Å². The van der Waals surface area contributed by atoms with Crippen LogP contribution in [0.15, 0.2) is 28.8 Å². The van der Waals surface area contributed by atoms with Crippen LogP contribution in [0, 0.1) is 13.8 Å². The largest absolute Gasteiger partial charge is 0.360 e. The molecule has 1 fully saturated rings. The summed E-state index contributed by atoms with van der Waals surface area (Å²) in [6.45, 7) is 7.63. The lowest BCUT2D eigenvalue weighted by molar-refractivity contribution is 0.0611. The molecule has 0 aliphatic carbocycles. The van der Waals surface area contributed by atoms with Gasteiger partial charge in [0.1, 0.15) is 5.69 Å². The SMILES string of the molecule is Cc1cc(CN2CCN(C(=O)c3cccc(C)n3)CC2)on1. The minimum atomic E-state index is 0.0128. The molecule has 0 aromatic carbocycles. The molecule has 2 aromatic rings. The second-order valence-electron chi connectivity index (χ2n) is 5.67. The molecular formula is C16H20N4O2. The highest BCUT2D eigenvalue weighted by atomic mass is 16.5. The highest BCUT2D eigenvalue weighted by Gasteiger charge is 2.23. The smallest absolute Gasteiger partial charge is 0.272 e. The Morgan fingerprint density at radius 1 is 1.18 bits per heavy atom. The Kier molecular flexibility index (Phi) is 4.20. The molecule has 1 amide bonds. The van der Waals surface area contributed by atoms with E-state index in [1.54, 1.807) is 6.07 Å². The zero-order valence-electron chi connectivity index (χ0n) is 13.0. The summed E-state index contributed by atoms with van der Waals surface area (Å²) in [5.74, 6) is 0.886. The third-order valence-corrected chi connectivity index (χ3v) is 3.82. The van der Waals surface area contributed by atoms with Gasteiger partial charge in [0, 0.05) is 37.9 Å². The maximum Gasteiger partial charge on any atom is 0.272 e. The maximum atomic E-state index is 12.4. The van der Waals surface area contributed by atoms with Gasteiger partial charge < -0.3 is 9.42 Å². The fourth-order valence-corrected chi connectivity index (χ4v) is 2.64. The molecule has 116 valence electrons. The van der Waals surface area contributed by atoms with Crippen molar-refractivity contribution in [2.75, 3.05) is 26.2 Å². The van der Waals surface area contributed by atoms with Crippen molar-refractivity contribution in [3.8, 4) is 0 Å². The van der Waals surface area contributed by atoms with Gasteiger partial charge in [0.25, 0.3) is 5.91 Å². The molecule has 0 atom stereocenters. The summed E-state index contributed by atoms with van der Waals surface area (Å²) in [6.07, 6.45) is 0. The third kappa shape index (κ3) is 3.33. The van der Waals surface area contributed by atoms with E-state index in [9.17, 15) is 4.79 Å². The van der Waals surface area contributed by atoms with Crippen molar-refractivity contribution < 1.29 is 9.32 Å². The molecular weight excluding hydrogens is 280 g/mol. The van der Waals surface area contributed by atoms with Gasteiger partial charge in [-0.2, -0.15) is 0 Å². The van der Waals surface area contributed by atoms with E-state index in [4.69, 9.17) is 4.52 Å². The predicted molar refractivity (Wildman–Crippen MR) is 81.4 cm³/mol. The van der Waals surface area contributed by atoms with Crippen LogP contribution in [0.3, 0.4) is 0 Å². The Morgan fingerprint density at radius 2 is 1.95 bits per heavy atom. The van der Waals surface area contributed by atoms with Gasteiger partial charge in [0.2, 0.25) is 0 Å². The maximum absolute atomic E-state index is 12.4. The van der Waals surface area contributed by atoms with Crippen molar-refractivity contribution in [2.24, 2.45) is 0 Å². The van der Waals surface area contributed by atoms with Crippen LogP contribution in [0.5, 0.6) is 0 Å². The van der Waals surface area contributed by atoms with E-state index in [1.807, 2.05) is 36.9 Å². The van der Waals surface area contributed by atoms with Gasteiger partial charge in [-0.25, -0.2) is 4.98 Å². The van der Waals surface area contributed by atoms with Gasteiger partial charge in [-0.1, -0.05) is 11.2 Å². The third-order valence-electron chi connectivity index (χ3n) is 3.82. The van der Waals surface area contributed by atoms with E-state index in [2.05, 4.69) is 15.0 Å². The molecule has 0 radical (unpaired) electrons. The molecule has 1 aliphatic rings. The number of rotatable bonds is 3. The highest BCUT2D eigenvalue weighted by Crippen LogP contribution is 2.11. The Labute approximate surface area is 129 Å². The monoisotopic (exact) mass is 300 g/mol. The lowest BCUT2D eigenvalue weighted by Gasteiger charge is -2.34. The van der Waals surface area contributed by atoms with E-state index in [-0.39, 0.29) is 5.91 Å². The lowest BCUT2D eigenvalue weighted by Crippen LogP contribution is -2.48. The number of hydrogen-bond donors (Lipinski definition) is 0. The second kappa shape index (κ2) is 6.27. The average molecular weight is 300 g/mol. The minimum absolute atomic E-state index is 0.0128. The van der Waals surface area contributed by atoms with Gasteiger partial charge in [-0.3, -0.25) is 9.69 Å². The van der Waals surface area contributed by atoms with Crippen LogP contribution < -0.4 is 0 Å². The number of aryl methyl sites for hydroxylation is 2. The van der Waals surface area contributed by atoms with E-state index >= 15 is 0 Å². The van der Waals surface area contributed by atoms with Crippen LogP contribution in [-0.2, 0) is 6.54 Å². The number of carbonyl (C=O) groups is 1. The van der Waals surface area contributed by atoms with Crippen molar-refractivity contribution in [3.05, 3.63) is 47.1 Å². The van der Waals surface area contributed by atoms with Gasteiger partial charge in [0.15, 0.2) is 5.76 Å². The first kappa shape index (κ1) is 14.7. The second-order valence-corrected chi connectivity index (χ2v) is 5.67. The first-order valence-electron chi connectivity index (χ1n) is 7.49. The fraction of sp³-hybridized carbons (Fsp3) is 0.438. The Bertz CT molecular complexity index is 660. The molecule has 1 saturated heterocycles. The molecule has 6 nitrogen and oxygen atoms in total. The predicted octanol–water partition coefficient (Wildman–Crippen LogP) is 1.64. The molecule has 0 saturated carbocycles. The Balaban J connectivity index is 1.56. The summed E-state index contributed by atoms with van der Waals surface area (Å²) in [7, 11) is 0. The Hall–Kier alpha value is -2.21. The summed E-state index contributed by atoms with van der Waals surface area (Å²) in [6, 6.07) is 7.50. The number of aromatic nitrogens is 2. The van der Waals surface area contributed by atoms with Crippen LogP contribution >= 0.6 is 0 Å². The number of piperazine rings is 1. The number of pyridine rings is 1. The number of carbonyl (C=O) groups excluding carboxylic acids is 1. The van der Waals surface area contributed by atoms with E-state index in [0.29, 0.717) is 18.8 Å². The molecule has 2 aromatic heterocycles. The van der Waals surface area contributed by atoms with E-state index in [0.717, 1.165) is 36.8 Å². The van der Waals surface area contributed by atoms with Crippen LogP contribution in [0.25, 0.3) is 0 Å². The molecule has 0 N–H and O–H groups in total. The summed E-state index contributed by atoms with van der Waals surface area (Å²) in [4.78, 5) is 20.9. The molecule has 3 heterocycles. The molecule has 0 spiro atoms.